The Balaban J connectivity index is 1.92. The number of imidazole rings is 1. The van der Waals surface area contributed by atoms with Gasteiger partial charge in [-0.25, -0.2) is 4.98 Å². The number of nitrogens with one attached hydrogen (secondary N) is 1. The van der Waals surface area contributed by atoms with E-state index in [4.69, 9.17) is 0 Å². The zero-order chi connectivity index (χ0) is 14.8. The number of nitro benzene ring substituents is 1. The average Bonchev–Trinajstić information content (AvgIpc) is 2.87. The van der Waals surface area contributed by atoms with Crippen LogP contribution in [0, 0.1) is 10.1 Å². The Morgan fingerprint density at radius 3 is 2.81 bits per heavy atom. The fraction of sp³-hybridized carbons (Fsp3) is 0. The predicted molar refractivity (Wildman–Crippen MR) is 79.8 cm³/mol. The highest BCUT2D eigenvalue weighted by molar-refractivity contribution is 5.80. The molecule has 6 heteroatoms. The van der Waals surface area contributed by atoms with Crippen LogP contribution in [0.3, 0.4) is 0 Å². The highest BCUT2D eigenvalue weighted by atomic mass is 16.6. The quantitative estimate of drug-likeness (QED) is 0.568. The van der Waals surface area contributed by atoms with E-state index in [1.165, 1.54) is 12.1 Å². The number of aromatic amines is 1. The van der Waals surface area contributed by atoms with Crippen LogP contribution in [-0.4, -0.2) is 20.0 Å². The van der Waals surface area contributed by atoms with Crippen LogP contribution in [0.4, 0.5) is 5.69 Å². The minimum atomic E-state index is -0.442. The van der Waals surface area contributed by atoms with Gasteiger partial charge in [0.1, 0.15) is 11.6 Å². The Morgan fingerprint density at radius 1 is 1.19 bits per heavy atom. The molecule has 6 nitrogen and oxygen atoms in total. The number of non-ortho nitro benzene ring substituents is 1. The first-order valence-electron chi connectivity index (χ1n) is 6.23. The molecule has 3 rings (SSSR count). The van der Waals surface area contributed by atoms with Gasteiger partial charge in [0.15, 0.2) is 0 Å². The second-order valence-corrected chi connectivity index (χ2v) is 4.51. The van der Waals surface area contributed by atoms with Crippen molar-refractivity contribution in [3.63, 3.8) is 0 Å². The van der Waals surface area contributed by atoms with E-state index in [0.29, 0.717) is 16.9 Å². The number of nitro groups is 1. The molecule has 1 heterocycles. The number of benzene rings is 2. The van der Waals surface area contributed by atoms with Gasteiger partial charge in [-0.05, 0) is 29.8 Å². The zero-order valence-electron chi connectivity index (χ0n) is 10.9. The van der Waals surface area contributed by atoms with Gasteiger partial charge >= 0.3 is 0 Å². The molecule has 0 aliphatic heterocycles. The molecule has 0 saturated carbocycles. The van der Waals surface area contributed by atoms with E-state index in [2.05, 4.69) is 9.97 Å². The highest BCUT2D eigenvalue weighted by Crippen LogP contribution is 2.20. The first kappa shape index (κ1) is 12.9. The minimum Gasteiger partial charge on any atom is -0.508 e. The second-order valence-electron chi connectivity index (χ2n) is 4.51. The highest BCUT2D eigenvalue weighted by Gasteiger charge is 2.08. The molecule has 0 aliphatic carbocycles. The first-order valence-corrected chi connectivity index (χ1v) is 6.23. The largest absolute Gasteiger partial charge is 0.508 e. The minimum absolute atomic E-state index is 0.0228. The lowest BCUT2D eigenvalue weighted by atomic mass is 10.2. The lowest BCUT2D eigenvalue weighted by Gasteiger charge is -1.93. The maximum atomic E-state index is 10.7. The van der Waals surface area contributed by atoms with Gasteiger partial charge in [0.05, 0.1) is 16.0 Å². The number of nitrogens with zero attached hydrogens (tertiary/aromatic N) is 2. The van der Waals surface area contributed by atoms with Crippen molar-refractivity contribution in [1.29, 1.82) is 0 Å². The molecule has 0 unspecified atom stereocenters. The molecule has 104 valence electrons. The summed E-state index contributed by atoms with van der Waals surface area (Å²) in [6.45, 7) is 0. The number of rotatable bonds is 3. The molecular weight excluding hydrogens is 270 g/mol. The normalized spacial score (nSPS) is 11.2. The van der Waals surface area contributed by atoms with Crippen LogP contribution < -0.4 is 0 Å². The third kappa shape index (κ3) is 2.74. The summed E-state index contributed by atoms with van der Waals surface area (Å²) in [6, 6.07) is 11.3. The van der Waals surface area contributed by atoms with E-state index in [1.54, 1.807) is 36.4 Å². The molecule has 2 N–H and O–H groups in total. The van der Waals surface area contributed by atoms with Crippen LogP contribution in [0.25, 0.3) is 23.2 Å². The van der Waals surface area contributed by atoms with Gasteiger partial charge in [0, 0.05) is 12.1 Å². The first-order chi connectivity index (χ1) is 10.1. The molecule has 21 heavy (non-hydrogen) atoms. The molecule has 2 aromatic carbocycles. The van der Waals surface area contributed by atoms with Crippen molar-refractivity contribution in [1.82, 2.24) is 9.97 Å². The van der Waals surface area contributed by atoms with Crippen molar-refractivity contribution in [3.8, 4) is 5.75 Å². The van der Waals surface area contributed by atoms with E-state index in [9.17, 15) is 15.2 Å². The molecule has 0 saturated heterocycles. The Hall–Kier alpha value is -3.15. The molecule has 0 bridgehead atoms. The van der Waals surface area contributed by atoms with E-state index >= 15 is 0 Å². The van der Waals surface area contributed by atoms with E-state index in [1.807, 2.05) is 6.07 Å². The fourth-order valence-electron chi connectivity index (χ4n) is 2.01. The smallest absolute Gasteiger partial charge is 0.271 e. The van der Waals surface area contributed by atoms with E-state index < -0.39 is 4.92 Å². The molecule has 0 atom stereocenters. The van der Waals surface area contributed by atoms with Crippen LogP contribution in [0.2, 0.25) is 0 Å². The number of phenols is 1. The number of hydrogen-bond donors (Lipinski definition) is 2. The van der Waals surface area contributed by atoms with Gasteiger partial charge in [0.2, 0.25) is 0 Å². The molecule has 0 radical (unpaired) electrons. The summed E-state index contributed by atoms with van der Waals surface area (Å²) in [5, 5.41) is 20.1. The van der Waals surface area contributed by atoms with Crippen molar-refractivity contribution in [2.24, 2.45) is 0 Å². The van der Waals surface area contributed by atoms with Gasteiger partial charge in [0.25, 0.3) is 5.69 Å². The summed E-state index contributed by atoms with van der Waals surface area (Å²) in [5.74, 6) is 0.784. The van der Waals surface area contributed by atoms with Crippen LogP contribution in [0.15, 0.2) is 42.5 Å². The average molecular weight is 281 g/mol. The summed E-state index contributed by atoms with van der Waals surface area (Å²) >= 11 is 0. The third-order valence-electron chi connectivity index (χ3n) is 3.00. The van der Waals surface area contributed by atoms with Gasteiger partial charge in [-0.2, -0.15) is 0 Å². The predicted octanol–water partition coefficient (Wildman–Crippen LogP) is 3.35. The summed E-state index contributed by atoms with van der Waals surface area (Å²) in [6.07, 6.45) is 3.55. The van der Waals surface area contributed by atoms with Crippen molar-refractivity contribution >= 4 is 28.9 Å². The number of aromatic nitrogens is 2. The lowest BCUT2D eigenvalue weighted by Crippen LogP contribution is -1.86. The molecule has 0 spiro atoms. The number of H-pyrrole nitrogens is 1. The van der Waals surface area contributed by atoms with Gasteiger partial charge in [-0.15, -0.1) is 0 Å². The Morgan fingerprint density at radius 2 is 2.05 bits per heavy atom. The molecule has 0 aliphatic rings. The standard InChI is InChI=1S/C15H11N3O3/c19-12-3-1-2-10(8-12)4-7-15-16-13-6-5-11(18(20)21)9-14(13)17-15/h1-9,19H,(H,16,17)/b7-4+. The topological polar surface area (TPSA) is 92.1 Å². The number of fused-ring (bicyclic) bond motifs is 1. The van der Waals surface area contributed by atoms with Crippen molar-refractivity contribution in [2.45, 2.75) is 0 Å². The summed E-state index contributed by atoms with van der Waals surface area (Å²) in [7, 11) is 0. The molecule has 1 aromatic heterocycles. The van der Waals surface area contributed by atoms with Gasteiger partial charge < -0.3 is 10.1 Å². The maximum absolute atomic E-state index is 10.7. The summed E-state index contributed by atoms with van der Waals surface area (Å²) < 4.78 is 0. The van der Waals surface area contributed by atoms with Gasteiger partial charge in [-0.1, -0.05) is 18.2 Å². The van der Waals surface area contributed by atoms with Crippen molar-refractivity contribution in [3.05, 3.63) is 64.0 Å². The maximum Gasteiger partial charge on any atom is 0.271 e. The monoisotopic (exact) mass is 281 g/mol. The third-order valence-corrected chi connectivity index (χ3v) is 3.00. The Labute approximate surface area is 119 Å². The molecular formula is C15H11N3O3. The number of hydrogen-bond acceptors (Lipinski definition) is 4. The molecule has 0 amide bonds. The number of phenolic OH excluding ortho intramolecular Hbond substituents is 1. The summed E-state index contributed by atoms with van der Waals surface area (Å²) in [4.78, 5) is 17.6. The lowest BCUT2D eigenvalue weighted by molar-refractivity contribution is -0.384. The Bertz CT molecular complexity index is 852. The second kappa shape index (κ2) is 5.09. The van der Waals surface area contributed by atoms with Crippen molar-refractivity contribution in [2.75, 3.05) is 0 Å². The zero-order valence-corrected chi connectivity index (χ0v) is 10.9. The molecule has 3 aromatic rings. The fourth-order valence-corrected chi connectivity index (χ4v) is 2.01. The van der Waals surface area contributed by atoms with Crippen LogP contribution in [0.5, 0.6) is 5.75 Å². The van der Waals surface area contributed by atoms with Crippen LogP contribution >= 0.6 is 0 Å². The van der Waals surface area contributed by atoms with Crippen LogP contribution in [-0.2, 0) is 0 Å². The van der Waals surface area contributed by atoms with Crippen LogP contribution in [0.1, 0.15) is 11.4 Å². The van der Waals surface area contributed by atoms with Crippen molar-refractivity contribution < 1.29 is 10.0 Å². The summed E-state index contributed by atoms with van der Waals surface area (Å²) in [5.41, 5.74) is 2.13. The Kier molecular flexibility index (Phi) is 3.12. The molecule has 0 fully saturated rings. The van der Waals surface area contributed by atoms with E-state index in [-0.39, 0.29) is 11.4 Å². The number of aromatic hydroxyl groups is 1. The SMILES string of the molecule is O=[N+]([O-])c1ccc2nc(/C=C/c3cccc(O)c3)[nH]c2c1. The van der Waals surface area contributed by atoms with E-state index in [0.717, 1.165) is 5.56 Å². The van der Waals surface area contributed by atoms with Gasteiger partial charge in [-0.3, -0.25) is 10.1 Å².